The molecular formula is C58H75FN2O7. The normalized spacial score (nSPS) is 22.2. The summed E-state index contributed by atoms with van der Waals surface area (Å²) in [6.07, 6.45) is 19.8. The molecule has 9 nitrogen and oxygen atoms in total. The lowest BCUT2D eigenvalue weighted by Crippen LogP contribution is -2.70. The minimum Gasteiger partial charge on any atom is -0.489 e. The van der Waals surface area contributed by atoms with Gasteiger partial charge in [-0.05, 0) is 90.1 Å². The zero-order valence-corrected chi connectivity index (χ0v) is 40.6. The van der Waals surface area contributed by atoms with E-state index < -0.39 is 17.7 Å². The number of hydrogen-bond acceptors (Lipinski definition) is 8. The van der Waals surface area contributed by atoms with Crippen molar-refractivity contribution in [2.75, 3.05) is 26.9 Å². The molecule has 0 bridgehead atoms. The maximum atomic E-state index is 15.4. The number of nitrogens with zero attached hydrogens (tertiary/aromatic N) is 2. The molecule has 1 heterocycles. The van der Waals surface area contributed by atoms with Crippen LogP contribution in [0.2, 0.25) is 0 Å². The lowest BCUT2D eigenvalue weighted by molar-refractivity contribution is -0.258. The van der Waals surface area contributed by atoms with Crippen LogP contribution in [-0.2, 0) is 27.5 Å². The lowest BCUT2D eigenvalue weighted by atomic mass is 9.55. The van der Waals surface area contributed by atoms with Crippen LogP contribution in [0.3, 0.4) is 0 Å². The van der Waals surface area contributed by atoms with Crippen molar-refractivity contribution in [2.45, 2.75) is 147 Å². The smallest absolute Gasteiger partial charge is 0.239 e. The molecule has 3 aliphatic rings. The summed E-state index contributed by atoms with van der Waals surface area (Å²) in [7, 11) is 1.57. The van der Waals surface area contributed by atoms with Gasteiger partial charge in [0.25, 0.3) is 0 Å². The molecule has 6 unspecified atom stereocenters. The Labute approximate surface area is 404 Å². The number of aliphatic hydroxyl groups excluding tert-OH is 2. The quantitative estimate of drug-likeness (QED) is 0.0332. The largest absolute Gasteiger partial charge is 0.489 e. The fourth-order valence-electron chi connectivity index (χ4n) is 11.3. The number of amides is 1. The monoisotopic (exact) mass is 931 g/mol. The number of aliphatic hydroxyl groups is 2. The van der Waals surface area contributed by atoms with E-state index in [9.17, 15) is 14.6 Å². The summed E-state index contributed by atoms with van der Waals surface area (Å²) in [5.41, 5.74) is 4.17. The third kappa shape index (κ3) is 12.0. The van der Waals surface area contributed by atoms with E-state index in [0.29, 0.717) is 49.3 Å². The Balaban J connectivity index is 1.36. The predicted octanol–water partition coefficient (Wildman–Crippen LogP) is 12.8. The molecule has 0 spiro atoms. The first-order valence-corrected chi connectivity index (χ1v) is 25.6. The Morgan fingerprint density at radius 2 is 1.57 bits per heavy atom. The second-order valence-corrected chi connectivity index (χ2v) is 19.1. The molecule has 4 aromatic carbocycles. The SMILES string of the molecule is C=CCOC12Oc3ccc(OCc4ccccc4F)cc3C3C(CCCCO)C(CCCCO)C=C(C(=NOC)CC1N(Cc1cccc4ccccc14)C(=O)CCCCCCCCCCC)C32. The molecule has 0 saturated heterocycles. The van der Waals surface area contributed by atoms with Crippen molar-refractivity contribution in [3.8, 4) is 11.5 Å². The first-order valence-electron chi connectivity index (χ1n) is 25.6. The van der Waals surface area contributed by atoms with Crippen molar-refractivity contribution in [2.24, 2.45) is 22.9 Å². The van der Waals surface area contributed by atoms with Gasteiger partial charge in [-0.2, -0.15) is 0 Å². The van der Waals surface area contributed by atoms with Gasteiger partial charge < -0.3 is 34.2 Å². The van der Waals surface area contributed by atoms with Crippen molar-refractivity contribution < 1.29 is 38.4 Å². The van der Waals surface area contributed by atoms with E-state index in [-0.39, 0.29) is 55.9 Å². The average Bonchev–Trinajstić information content (AvgIpc) is 3.35. The number of allylic oxidation sites excluding steroid dienone is 1. The molecule has 10 heteroatoms. The van der Waals surface area contributed by atoms with Crippen LogP contribution >= 0.6 is 0 Å². The van der Waals surface area contributed by atoms with Crippen LogP contribution in [0.4, 0.5) is 4.39 Å². The highest BCUT2D eigenvalue weighted by Gasteiger charge is 2.65. The highest BCUT2D eigenvalue weighted by atomic mass is 19.1. The molecular weight excluding hydrogens is 856 g/mol. The number of carbonyl (C=O) groups excluding carboxylic acids is 1. The number of fused-ring (bicyclic) bond motifs is 3. The zero-order chi connectivity index (χ0) is 47.7. The summed E-state index contributed by atoms with van der Waals surface area (Å²) in [5.74, 6) is -0.968. The summed E-state index contributed by atoms with van der Waals surface area (Å²) >= 11 is 0. The molecule has 7 rings (SSSR count). The Morgan fingerprint density at radius 3 is 2.32 bits per heavy atom. The van der Waals surface area contributed by atoms with E-state index >= 15 is 4.79 Å². The van der Waals surface area contributed by atoms with Crippen molar-refractivity contribution in [3.05, 3.63) is 132 Å². The zero-order valence-electron chi connectivity index (χ0n) is 40.6. The molecule has 2 N–H and O–H groups in total. The summed E-state index contributed by atoms with van der Waals surface area (Å²) in [6, 6.07) is 26.5. The number of ether oxygens (including phenoxy) is 3. The molecule has 68 heavy (non-hydrogen) atoms. The molecule has 0 radical (unpaired) electrons. The number of halogens is 1. The first-order chi connectivity index (χ1) is 33.4. The molecule has 0 aromatic heterocycles. The first kappa shape index (κ1) is 50.8. The second kappa shape index (κ2) is 25.5. The molecule has 1 aliphatic heterocycles. The molecule has 1 fully saturated rings. The van der Waals surface area contributed by atoms with Crippen LogP contribution in [0, 0.1) is 23.6 Å². The average molecular weight is 931 g/mol. The summed E-state index contributed by atoms with van der Waals surface area (Å²) in [6.45, 7) is 7.12. The standard InChI is InChI=1S/C58H75FN2O7/c1-4-6-7-8-9-10-11-12-13-31-55(64)61(40-44-27-22-26-42-23-14-16-28-47(42)44)54-39-52(60-65-3)49-37-43(24-18-20-34-62)48(29-19-21-35-63)56-50-38-46(66-41-45-25-15-17-30-51(45)59)32-33-53(50)68-58(54,57(49)56)67-36-5-2/h5,14-17,22-23,25-28,30,32-33,37-38,43,48,54,56-57,62-63H,2,4,6-13,18-21,24,29,31,34-36,39-41H2,1,3H3. The number of carbonyl (C=O) groups is 1. The topological polar surface area (TPSA) is 110 Å². The highest BCUT2D eigenvalue weighted by Crippen LogP contribution is 2.62. The Kier molecular flexibility index (Phi) is 19.1. The van der Waals surface area contributed by atoms with Crippen molar-refractivity contribution in [1.29, 1.82) is 0 Å². The van der Waals surface area contributed by atoms with E-state index in [0.717, 1.165) is 78.1 Å². The Hall–Kier alpha value is -5.03. The van der Waals surface area contributed by atoms with Crippen LogP contribution in [-0.4, -0.2) is 65.5 Å². The number of hydrogen-bond donors (Lipinski definition) is 2. The molecule has 6 atom stereocenters. The number of unbranched alkanes of at least 4 members (excludes halogenated alkanes) is 10. The molecule has 4 aromatic rings. The number of benzene rings is 4. The predicted molar refractivity (Wildman–Crippen MR) is 269 cm³/mol. The van der Waals surface area contributed by atoms with Gasteiger partial charge in [0.15, 0.2) is 0 Å². The minimum absolute atomic E-state index is 0.0386. The molecule has 1 saturated carbocycles. The van der Waals surface area contributed by atoms with E-state index in [1.807, 2.05) is 35.2 Å². The lowest BCUT2D eigenvalue weighted by Gasteiger charge is -2.60. The van der Waals surface area contributed by atoms with Crippen LogP contribution in [0.25, 0.3) is 10.8 Å². The van der Waals surface area contributed by atoms with E-state index in [2.05, 4.69) is 49.9 Å². The van der Waals surface area contributed by atoms with E-state index in [1.165, 1.54) is 44.6 Å². The molecule has 2 aliphatic carbocycles. The van der Waals surface area contributed by atoms with Crippen LogP contribution in [0.1, 0.15) is 139 Å². The van der Waals surface area contributed by atoms with Gasteiger partial charge in [-0.25, -0.2) is 4.39 Å². The maximum absolute atomic E-state index is 15.4. The van der Waals surface area contributed by atoms with E-state index in [1.54, 1.807) is 31.4 Å². The van der Waals surface area contributed by atoms with Crippen LogP contribution < -0.4 is 9.47 Å². The van der Waals surface area contributed by atoms with Crippen molar-refractivity contribution in [1.82, 2.24) is 4.90 Å². The highest BCUT2D eigenvalue weighted by molar-refractivity contribution is 6.03. The summed E-state index contributed by atoms with van der Waals surface area (Å²) in [4.78, 5) is 23.1. The van der Waals surface area contributed by atoms with Gasteiger partial charge >= 0.3 is 0 Å². The van der Waals surface area contributed by atoms with Crippen molar-refractivity contribution >= 4 is 22.4 Å². The van der Waals surface area contributed by atoms with E-state index in [4.69, 9.17) is 24.2 Å². The maximum Gasteiger partial charge on any atom is 0.239 e. The summed E-state index contributed by atoms with van der Waals surface area (Å²) in [5, 5.41) is 27.0. The van der Waals surface area contributed by atoms with Gasteiger partial charge in [0, 0.05) is 49.6 Å². The molecule has 366 valence electrons. The third-order valence-electron chi connectivity index (χ3n) is 14.6. The number of oxime groups is 1. The Morgan fingerprint density at radius 1 is 0.868 bits per heavy atom. The van der Waals surface area contributed by atoms with Gasteiger partial charge in [0.05, 0.1) is 18.2 Å². The van der Waals surface area contributed by atoms with Crippen LogP contribution in [0.15, 0.2) is 114 Å². The van der Waals surface area contributed by atoms with Gasteiger partial charge in [-0.1, -0.05) is 149 Å². The fourth-order valence-corrected chi connectivity index (χ4v) is 11.3. The van der Waals surface area contributed by atoms with Gasteiger partial charge in [0.1, 0.15) is 37.1 Å². The summed E-state index contributed by atoms with van der Waals surface area (Å²) < 4.78 is 36.0. The Bertz CT molecular complexity index is 2310. The molecule has 1 amide bonds. The van der Waals surface area contributed by atoms with Gasteiger partial charge in [-0.3, -0.25) is 4.79 Å². The van der Waals surface area contributed by atoms with Gasteiger partial charge in [-0.15, -0.1) is 6.58 Å². The second-order valence-electron chi connectivity index (χ2n) is 19.1. The van der Waals surface area contributed by atoms with Crippen LogP contribution in [0.5, 0.6) is 11.5 Å². The minimum atomic E-state index is -1.38. The number of rotatable bonds is 28. The third-order valence-corrected chi connectivity index (χ3v) is 14.6. The fraction of sp³-hybridized carbons (Fsp3) is 0.517. The van der Waals surface area contributed by atoms with Crippen molar-refractivity contribution in [3.63, 3.8) is 0 Å². The van der Waals surface area contributed by atoms with Gasteiger partial charge in [0.2, 0.25) is 11.7 Å².